The zero-order valence-electron chi connectivity index (χ0n) is 12.1. The first-order valence-corrected chi connectivity index (χ1v) is 7.50. The molecule has 0 amide bonds. The molecule has 2 aromatic carbocycles. The standard InChI is InChI=1S/C17H17BrN2O/c1-12(15-5-3-4-6-16(15)18)20-11-13-7-8-14(10-19)17(9-13)21-2/h3-9,12,20H,11H2,1-2H3/t12-/m1/s1. The molecule has 2 aromatic rings. The lowest BCUT2D eigenvalue weighted by Crippen LogP contribution is -2.18. The Labute approximate surface area is 133 Å². The molecule has 0 saturated carbocycles. The van der Waals surface area contributed by atoms with Gasteiger partial charge in [-0.2, -0.15) is 5.26 Å². The van der Waals surface area contributed by atoms with E-state index in [1.54, 1.807) is 13.2 Å². The number of nitrogens with zero attached hydrogens (tertiary/aromatic N) is 1. The van der Waals surface area contributed by atoms with Gasteiger partial charge in [-0.3, -0.25) is 0 Å². The zero-order valence-corrected chi connectivity index (χ0v) is 13.6. The van der Waals surface area contributed by atoms with Crippen molar-refractivity contribution in [1.29, 1.82) is 5.26 Å². The van der Waals surface area contributed by atoms with E-state index in [2.05, 4.69) is 40.3 Å². The van der Waals surface area contributed by atoms with E-state index in [9.17, 15) is 0 Å². The van der Waals surface area contributed by atoms with Crippen LogP contribution in [0.1, 0.15) is 29.7 Å². The number of hydrogen-bond acceptors (Lipinski definition) is 3. The Morgan fingerprint density at radius 1 is 1.29 bits per heavy atom. The van der Waals surface area contributed by atoms with Crippen molar-refractivity contribution in [3.05, 3.63) is 63.6 Å². The summed E-state index contributed by atoms with van der Waals surface area (Å²) in [6.07, 6.45) is 0. The molecule has 0 aromatic heterocycles. The monoisotopic (exact) mass is 344 g/mol. The molecule has 0 unspecified atom stereocenters. The molecule has 0 aliphatic carbocycles. The van der Waals surface area contributed by atoms with Crippen molar-refractivity contribution in [1.82, 2.24) is 5.32 Å². The third kappa shape index (κ3) is 3.84. The van der Waals surface area contributed by atoms with Crippen LogP contribution in [0.15, 0.2) is 46.9 Å². The van der Waals surface area contributed by atoms with Crippen molar-refractivity contribution < 1.29 is 4.74 Å². The average Bonchev–Trinajstić information content (AvgIpc) is 2.52. The van der Waals surface area contributed by atoms with Crippen LogP contribution in [0.25, 0.3) is 0 Å². The molecule has 108 valence electrons. The Balaban J connectivity index is 2.07. The number of rotatable bonds is 5. The molecule has 0 radical (unpaired) electrons. The summed E-state index contributed by atoms with van der Waals surface area (Å²) in [6, 6.07) is 16.2. The van der Waals surface area contributed by atoms with E-state index in [4.69, 9.17) is 10.00 Å². The van der Waals surface area contributed by atoms with Crippen LogP contribution >= 0.6 is 15.9 Å². The molecule has 0 spiro atoms. The zero-order chi connectivity index (χ0) is 15.2. The lowest BCUT2D eigenvalue weighted by molar-refractivity contribution is 0.412. The Morgan fingerprint density at radius 2 is 2.05 bits per heavy atom. The molecular weight excluding hydrogens is 328 g/mol. The summed E-state index contributed by atoms with van der Waals surface area (Å²) in [7, 11) is 1.58. The van der Waals surface area contributed by atoms with E-state index in [1.165, 1.54) is 5.56 Å². The van der Waals surface area contributed by atoms with Crippen molar-refractivity contribution in [2.45, 2.75) is 19.5 Å². The maximum atomic E-state index is 8.99. The highest BCUT2D eigenvalue weighted by atomic mass is 79.9. The summed E-state index contributed by atoms with van der Waals surface area (Å²) in [5.74, 6) is 0.616. The average molecular weight is 345 g/mol. The second kappa shape index (κ2) is 7.26. The predicted octanol–water partition coefficient (Wildman–Crippen LogP) is 4.18. The summed E-state index contributed by atoms with van der Waals surface area (Å²) in [6.45, 7) is 2.84. The smallest absolute Gasteiger partial charge is 0.136 e. The topological polar surface area (TPSA) is 45.0 Å². The number of hydrogen-bond donors (Lipinski definition) is 1. The number of methoxy groups -OCH3 is 1. The maximum Gasteiger partial charge on any atom is 0.136 e. The lowest BCUT2D eigenvalue weighted by Gasteiger charge is -2.16. The van der Waals surface area contributed by atoms with Crippen LogP contribution in [0.4, 0.5) is 0 Å². The van der Waals surface area contributed by atoms with Gasteiger partial charge >= 0.3 is 0 Å². The van der Waals surface area contributed by atoms with Gasteiger partial charge in [-0.1, -0.05) is 40.2 Å². The maximum absolute atomic E-state index is 8.99. The van der Waals surface area contributed by atoms with Gasteiger partial charge in [0.2, 0.25) is 0 Å². The Morgan fingerprint density at radius 3 is 2.71 bits per heavy atom. The van der Waals surface area contributed by atoms with Gasteiger partial charge < -0.3 is 10.1 Å². The van der Waals surface area contributed by atoms with E-state index in [0.717, 1.165) is 10.0 Å². The van der Waals surface area contributed by atoms with E-state index < -0.39 is 0 Å². The van der Waals surface area contributed by atoms with Gasteiger partial charge in [0.25, 0.3) is 0 Å². The number of ether oxygens (including phenoxy) is 1. The van der Waals surface area contributed by atoms with Gasteiger partial charge in [-0.25, -0.2) is 0 Å². The highest BCUT2D eigenvalue weighted by molar-refractivity contribution is 9.10. The number of halogens is 1. The van der Waals surface area contributed by atoms with Crippen molar-refractivity contribution in [3.8, 4) is 11.8 Å². The first kappa shape index (κ1) is 15.6. The highest BCUT2D eigenvalue weighted by Crippen LogP contribution is 2.24. The summed E-state index contributed by atoms with van der Waals surface area (Å²) < 4.78 is 6.33. The SMILES string of the molecule is COc1cc(CN[C@H](C)c2ccccc2Br)ccc1C#N. The van der Waals surface area contributed by atoms with Crippen LogP contribution in [-0.2, 0) is 6.54 Å². The molecule has 0 heterocycles. The van der Waals surface area contributed by atoms with Gasteiger partial charge in [0, 0.05) is 17.1 Å². The first-order chi connectivity index (χ1) is 10.2. The summed E-state index contributed by atoms with van der Waals surface area (Å²) in [4.78, 5) is 0. The van der Waals surface area contributed by atoms with Crippen molar-refractivity contribution in [2.24, 2.45) is 0 Å². The minimum atomic E-state index is 0.224. The van der Waals surface area contributed by atoms with Crippen LogP contribution in [-0.4, -0.2) is 7.11 Å². The fourth-order valence-electron chi connectivity index (χ4n) is 2.15. The Hall–Kier alpha value is -1.83. The van der Waals surface area contributed by atoms with Crippen LogP contribution < -0.4 is 10.1 Å². The molecule has 2 rings (SSSR count). The first-order valence-electron chi connectivity index (χ1n) is 6.70. The normalized spacial score (nSPS) is 11.7. The van der Waals surface area contributed by atoms with Gasteiger partial charge in [0.05, 0.1) is 12.7 Å². The van der Waals surface area contributed by atoms with E-state index in [1.807, 2.05) is 30.3 Å². The predicted molar refractivity (Wildman–Crippen MR) is 87.1 cm³/mol. The van der Waals surface area contributed by atoms with E-state index >= 15 is 0 Å². The molecule has 1 atom stereocenters. The molecule has 0 bridgehead atoms. The molecule has 4 heteroatoms. The van der Waals surface area contributed by atoms with E-state index in [0.29, 0.717) is 17.9 Å². The van der Waals surface area contributed by atoms with Gasteiger partial charge in [-0.05, 0) is 36.2 Å². The molecule has 0 aliphatic heterocycles. The largest absolute Gasteiger partial charge is 0.495 e. The lowest BCUT2D eigenvalue weighted by atomic mass is 10.1. The molecular formula is C17H17BrN2O. The third-order valence-electron chi connectivity index (χ3n) is 3.37. The highest BCUT2D eigenvalue weighted by Gasteiger charge is 2.09. The molecule has 0 saturated heterocycles. The molecule has 21 heavy (non-hydrogen) atoms. The summed E-state index contributed by atoms with van der Waals surface area (Å²) >= 11 is 3.57. The Bertz CT molecular complexity index is 664. The molecule has 0 fully saturated rings. The number of nitriles is 1. The summed E-state index contributed by atoms with van der Waals surface area (Å²) in [5.41, 5.74) is 2.86. The fourth-order valence-corrected chi connectivity index (χ4v) is 2.77. The molecule has 1 N–H and O–H groups in total. The fraction of sp³-hybridized carbons (Fsp3) is 0.235. The minimum Gasteiger partial charge on any atom is -0.495 e. The van der Waals surface area contributed by atoms with Crippen LogP contribution in [0.5, 0.6) is 5.75 Å². The molecule has 3 nitrogen and oxygen atoms in total. The van der Waals surface area contributed by atoms with Crippen molar-refractivity contribution in [3.63, 3.8) is 0 Å². The van der Waals surface area contributed by atoms with Gasteiger partial charge in [0.15, 0.2) is 0 Å². The van der Waals surface area contributed by atoms with E-state index in [-0.39, 0.29) is 6.04 Å². The number of nitrogens with one attached hydrogen (secondary N) is 1. The van der Waals surface area contributed by atoms with Gasteiger partial charge in [0.1, 0.15) is 11.8 Å². The summed E-state index contributed by atoms with van der Waals surface area (Å²) in [5, 5.41) is 12.5. The molecule has 0 aliphatic rings. The number of benzene rings is 2. The van der Waals surface area contributed by atoms with Crippen LogP contribution in [0.3, 0.4) is 0 Å². The second-order valence-corrected chi connectivity index (χ2v) is 5.62. The van der Waals surface area contributed by atoms with Crippen molar-refractivity contribution >= 4 is 15.9 Å². The minimum absolute atomic E-state index is 0.224. The van der Waals surface area contributed by atoms with Crippen LogP contribution in [0, 0.1) is 11.3 Å². The Kier molecular flexibility index (Phi) is 5.38. The third-order valence-corrected chi connectivity index (χ3v) is 4.09. The van der Waals surface area contributed by atoms with Gasteiger partial charge in [-0.15, -0.1) is 0 Å². The quantitative estimate of drug-likeness (QED) is 0.884. The van der Waals surface area contributed by atoms with Crippen molar-refractivity contribution in [2.75, 3.05) is 7.11 Å². The van der Waals surface area contributed by atoms with Crippen LogP contribution in [0.2, 0.25) is 0 Å². The second-order valence-electron chi connectivity index (χ2n) is 4.77.